The van der Waals surface area contributed by atoms with Crippen molar-refractivity contribution in [2.45, 2.75) is 13.8 Å². The van der Waals surface area contributed by atoms with E-state index in [1.165, 1.54) is 0 Å². The van der Waals surface area contributed by atoms with E-state index in [0.29, 0.717) is 0 Å². The molecule has 1 radical (unpaired) electrons. The molecule has 0 aliphatic heterocycles. The van der Waals surface area contributed by atoms with Gasteiger partial charge < -0.3 is 9.64 Å². The Morgan fingerprint density at radius 1 is 1.20 bits per heavy atom. The van der Waals surface area contributed by atoms with Crippen LogP contribution in [0, 0.1) is 0 Å². The van der Waals surface area contributed by atoms with Crippen molar-refractivity contribution in [2.24, 2.45) is 0 Å². The molecule has 0 heterocycles. The van der Waals surface area contributed by atoms with Crippen molar-refractivity contribution in [2.75, 3.05) is 33.4 Å². The second kappa shape index (κ2) is 10.6. The van der Waals surface area contributed by atoms with Crippen molar-refractivity contribution in [3.8, 4) is 0 Å². The molecular formula is C7H17KNO. The smallest absolute Gasteiger partial charge is 0.0589 e. The third kappa shape index (κ3) is 7.66. The molecule has 57 valence electrons. The number of hydrogen-bond acceptors (Lipinski definition) is 2. The van der Waals surface area contributed by atoms with E-state index in [-0.39, 0.29) is 51.4 Å². The molecule has 0 N–H and O–H groups in total. The minimum atomic E-state index is 0. The van der Waals surface area contributed by atoms with Gasteiger partial charge in [-0.05, 0) is 13.1 Å². The van der Waals surface area contributed by atoms with Gasteiger partial charge in [0.1, 0.15) is 0 Å². The molecule has 0 rings (SSSR count). The van der Waals surface area contributed by atoms with Gasteiger partial charge in [0.25, 0.3) is 0 Å². The molecule has 0 aliphatic rings. The first-order chi connectivity index (χ1) is 4.35. The number of hydrogen-bond donors (Lipinski definition) is 0. The van der Waals surface area contributed by atoms with E-state index in [1.54, 1.807) is 7.11 Å². The standard InChI is InChI=1S/C7H17NO.K/c1-4-8(5-2)6-7-9-3;/h4-7H2,1-3H3;. The fraction of sp³-hybridized carbons (Fsp3) is 1.00. The summed E-state index contributed by atoms with van der Waals surface area (Å²) in [6, 6.07) is 0. The van der Waals surface area contributed by atoms with E-state index in [0.717, 1.165) is 26.2 Å². The van der Waals surface area contributed by atoms with Gasteiger partial charge in [-0.25, -0.2) is 0 Å². The first-order valence-corrected chi connectivity index (χ1v) is 3.56. The number of likely N-dealkylation sites (N-methyl/N-ethyl adjacent to an activating group) is 1. The molecule has 0 bridgehead atoms. The van der Waals surface area contributed by atoms with Crippen LogP contribution in [-0.2, 0) is 4.74 Å². The van der Waals surface area contributed by atoms with E-state index < -0.39 is 0 Å². The van der Waals surface area contributed by atoms with Crippen molar-refractivity contribution in [1.29, 1.82) is 0 Å². The van der Waals surface area contributed by atoms with E-state index >= 15 is 0 Å². The van der Waals surface area contributed by atoms with Crippen molar-refractivity contribution in [1.82, 2.24) is 4.90 Å². The monoisotopic (exact) mass is 170 g/mol. The Morgan fingerprint density at radius 2 is 1.70 bits per heavy atom. The van der Waals surface area contributed by atoms with Crippen LogP contribution in [-0.4, -0.2) is 89.6 Å². The van der Waals surface area contributed by atoms with E-state index in [1.807, 2.05) is 0 Å². The summed E-state index contributed by atoms with van der Waals surface area (Å²) >= 11 is 0. The molecule has 0 saturated carbocycles. The molecule has 0 unspecified atom stereocenters. The maximum Gasteiger partial charge on any atom is 0.0589 e. The van der Waals surface area contributed by atoms with Crippen LogP contribution in [0.5, 0.6) is 0 Å². The Labute approximate surface area is 107 Å². The Morgan fingerprint density at radius 3 is 2.00 bits per heavy atom. The minimum absolute atomic E-state index is 0. The SMILES string of the molecule is CCN(CC)CCOC.[K]. The Bertz CT molecular complexity index is 57.6. The van der Waals surface area contributed by atoms with Crippen LogP contribution in [0.25, 0.3) is 0 Å². The minimum Gasteiger partial charge on any atom is -0.383 e. The predicted octanol–water partition coefficient (Wildman–Crippen LogP) is 0.594. The van der Waals surface area contributed by atoms with Crippen molar-refractivity contribution < 1.29 is 4.74 Å². The summed E-state index contributed by atoms with van der Waals surface area (Å²) in [5.74, 6) is 0. The molecule has 0 spiro atoms. The third-order valence-corrected chi connectivity index (χ3v) is 1.51. The van der Waals surface area contributed by atoms with Gasteiger partial charge in [-0.2, -0.15) is 0 Å². The van der Waals surface area contributed by atoms with Gasteiger partial charge in [-0.1, -0.05) is 13.8 Å². The molecule has 0 aliphatic carbocycles. The van der Waals surface area contributed by atoms with Crippen LogP contribution >= 0.6 is 0 Å². The quantitative estimate of drug-likeness (QED) is 0.560. The molecule has 2 nitrogen and oxygen atoms in total. The number of nitrogens with zero attached hydrogens (tertiary/aromatic N) is 1. The van der Waals surface area contributed by atoms with Gasteiger partial charge in [0.05, 0.1) is 6.61 Å². The van der Waals surface area contributed by atoms with Crippen molar-refractivity contribution in [3.63, 3.8) is 0 Å². The van der Waals surface area contributed by atoms with Crippen LogP contribution in [0.4, 0.5) is 0 Å². The first kappa shape index (κ1) is 14.1. The zero-order valence-corrected chi connectivity index (χ0v) is 10.8. The number of rotatable bonds is 5. The largest absolute Gasteiger partial charge is 0.383 e. The van der Waals surface area contributed by atoms with Crippen LogP contribution in [0.3, 0.4) is 0 Å². The van der Waals surface area contributed by atoms with E-state index in [2.05, 4.69) is 18.7 Å². The zero-order chi connectivity index (χ0) is 7.11. The van der Waals surface area contributed by atoms with Gasteiger partial charge >= 0.3 is 0 Å². The summed E-state index contributed by atoms with van der Waals surface area (Å²) in [5.41, 5.74) is 0. The maximum atomic E-state index is 4.93. The fourth-order valence-electron chi connectivity index (χ4n) is 0.760. The molecule has 3 heteroatoms. The summed E-state index contributed by atoms with van der Waals surface area (Å²) in [5, 5.41) is 0. The number of ether oxygens (including phenoxy) is 1. The third-order valence-electron chi connectivity index (χ3n) is 1.51. The summed E-state index contributed by atoms with van der Waals surface area (Å²) in [7, 11) is 1.74. The van der Waals surface area contributed by atoms with Gasteiger partial charge in [0.2, 0.25) is 0 Å². The van der Waals surface area contributed by atoms with Crippen molar-refractivity contribution in [3.05, 3.63) is 0 Å². The summed E-state index contributed by atoms with van der Waals surface area (Å²) in [6.45, 7) is 8.49. The van der Waals surface area contributed by atoms with Gasteiger partial charge in [0.15, 0.2) is 0 Å². The normalized spacial score (nSPS) is 9.60. The van der Waals surface area contributed by atoms with E-state index in [9.17, 15) is 0 Å². The van der Waals surface area contributed by atoms with Crippen LogP contribution in [0.1, 0.15) is 13.8 Å². The molecule has 0 aromatic rings. The molecule has 10 heavy (non-hydrogen) atoms. The van der Waals surface area contributed by atoms with Crippen LogP contribution < -0.4 is 0 Å². The van der Waals surface area contributed by atoms with Crippen LogP contribution in [0.2, 0.25) is 0 Å². The van der Waals surface area contributed by atoms with Crippen LogP contribution in [0.15, 0.2) is 0 Å². The van der Waals surface area contributed by atoms with Gasteiger partial charge in [-0.15, -0.1) is 0 Å². The Kier molecular flexibility index (Phi) is 14.9. The summed E-state index contributed by atoms with van der Waals surface area (Å²) < 4.78 is 4.93. The number of methoxy groups -OCH3 is 1. The van der Waals surface area contributed by atoms with Crippen molar-refractivity contribution >= 4 is 51.4 Å². The summed E-state index contributed by atoms with van der Waals surface area (Å²) in [6.07, 6.45) is 0. The Balaban J connectivity index is 0. The van der Waals surface area contributed by atoms with Gasteiger partial charge in [-0.3, -0.25) is 0 Å². The molecule has 0 atom stereocenters. The second-order valence-electron chi connectivity index (χ2n) is 2.02. The Hall–Kier alpha value is 1.56. The molecule has 0 amide bonds. The average molecular weight is 170 g/mol. The molecule has 0 aromatic heterocycles. The second-order valence-corrected chi connectivity index (χ2v) is 2.02. The summed E-state index contributed by atoms with van der Waals surface area (Å²) in [4.78, 5) is 2.34. The molecular weight excluding hydrogens is 153 g/mol. The molecule has 0 aromatic carbocycles. The molecule has 0 fully saturated rings. The van der Waals surface area contributed by atoms with E-state index in [4.69, 9.17) is 4.74 Å². The molecule has 0 saturated heterocycles. The maximum absolute atomic E-state index is 4.93. The predicted molar refractivity (Wildman–Crippen MR) is 45.4 cm³/mol. The fourth-order valence-corrected chi connectivity index (χ4v) is 0.760. The zero-order valence-electron chi connectivity index (χ0n) is 7.68. The topological polar surface area (TPSA) is 12.5 Å². The van der Waals surface area contributed by atoms with Gasteiger partial charge in [0, 0.05) is 65.0 Å². The first-order valence-electron chi connectivity index (χ1n) is 3.56. The average Bonchev–Trinajstić information content (AvgIpc) is 1.91.